The van der Waals surface area contributed by atoms with Crippen molar-refractivity contribution < 1.29 is 28.7 Å². The van der Waals surface area contributed by atoms with Gasteiger partial charge in [0.15, 0.2) is 0 Å². The van der Waals surface area contributed by atoms with Crippen molar-refractivity contribution in [2.24, 2.45) is 5.92 Å². The van der Waals surface area contributed by atoms with E-state index in [0.717, 1.165) is 24.2 Å². The molecule has 1 aliphatic heterocycles. The normalized spacial score (nSPS) is 21.7. The Labute approximate surface area is 174 Å². The highest BCUT2D eigenvalue weighted by atomic mass is 16.5. The minimum atomic E-state index is -0.981. The first-order chi connectivity index (χ1) is 14.3. The molecule has 0 unspecified atom stereocenters. The lowest BCUT2D eigenvalue weighted by Gasteiger charge is -2.34. The van der Waals surface area contributed by atoms with Gasteiger partial charge in [0.25, 0.3) is 0 Å². The summed E-state index contributed by atoms with van der Waals surface area (Å²) in [4.78, 5) is 63.2. The van der Waals surface area contributed by atoms with E-state index in [1.807, 2.05) is 6.92 Å². The molecule has 1 heterocycles. The number of hydrogen-bond acceptors (Lipinski definition) is 6. The lowest BCUT2D eigenvalue weighted by molar-refractivity contribution is -0.145. The molecule has 0 radical (unpaired) electrons. The molecular formula is C21H25N3O6. The van der Waals surface area contributed by atoms with Crippen molar-refractivity contribution in [1.82, 2.24) is 9.80 Å². The van der Waals surface area contributed by atoms with E-state index < -0.39 is 36.3 Å². The molecule has 9 heteroatoms. The van der Waals surface area contributed by atoms with Gasteiger partial charge in [-0.15, -0.1) is 0 Å². The number of rotatable bonds is 6. The summed E-state index contributed by atoms with van der Waals surface area (Å²) < 4.78 is 4.89. The molecule has 9 nitrogen and oxygen atoms in total. The first kappa shape index (κ1) is 21.5. The van der Waals surface area contributed by atoms with Crippen molar-refractivity contribution in [1.29, 1.82) is 0 Å². The van der Waals surface area contributed by atoms with E-state index in [1.54, 1.807) is 6.92 Å². The van der Waals surface area contributed by atoms with Gasteiger partial charge in [0, 0.05) is 11.7 Å². The van der Waals surface area contributed by atoms with Crippen LogP contribution >= 0.6 is 0 Å². The summed E-state index contributed by atoms with van der Waals surface area (Å²) in [5.41, 5.74) is 0.721. The number of nitrogens with one attached hydrogen (secondary N) is 1. The van der Waals surface area contributed by atoms with E-state index >= 15 is 0 Å². The topological polar surface area (TPSA) is 113 Å². The van der Waals surface area contributed by atoms with Crippen molar-refractivity contribution in [3.8, 4) is 0 Å². The first-order valence-corrected chi connectivity index (χ1v) is 10.1. The zero-order valence-corrected chi connectivity index (χ0v) is 17.1. The van der Waals surface area contributed by atoms with Crippen LogP contribution in [0.25, 0.3) is 0 Å². The van der Waals surface area contributed by atoms with Gasteiger partial charge in [0.05, 0.1) is 12.2 Å². The Morgan fingerprint density at radius 2 is 1.73 bits per heavy atom. The Morgan fingerprint density at radius 1 is 1.07 bits per heavy atom. The van der Waals surface area contributed by atoms with Gasteiger partial charge in [0.1, 0.15) is 6.54 Å². The van der Waals surface area contributed by atoms with Crippen LogP contribution in [0.2, 0.25) is 0 Å². The largest absolute Gasteiger partial charge is 0.462 e. The third-order valence-corrected chi connectivity index (χ3v) is 5.46. The number of esters is 1. The van der Waals surface area contributed by atoms with Gasteiger partial charge in [-0.2, -0.15) is 0 Å². The van der Waals surface area contributed by atoms with E-state index in [0.29, 0.717) is 22.6 Å². The standard InChI is InChI=1S/C21H25N3O6/c1-3-30-20(28)14-8-10-15(11-9-14)22-17(25)12-23-18(26)19(27)24(21(23)29)16-7-5-4-6-13(16)2/h8-11,13,16H,3-7,12H2,1-2H3,(H,22,25)/t13-,16+/m0/s1. The molecule has 1 aromatic carbocycles. The fourth-order valence-electron chi connectivity index (χ4n) is 3.88. The predicted octanol–water partition coefficient (Wildman–Crippen LogP) is 2.17. The van der Waals surface area contributed by atoms with Crippen molar-refractivity contribution in [2.75, 3.05) is 18.5 Å². The molecule has 3 rings (SSSR count). The molecule has 2 fully saturated rings. The Kier molecular flexibility index (Phi) is 6.49. The number of urea groups is 1. The second-order valence-corrected chi connectivity index (χ2v) is 7.52. The summed E-state index contributed by atoms with van der Waals surface area (Å²) >= 11 is 0. The molecule has 160 valence electrons. The maximum atomic E-state index is 12.7. The Balaban J connectivity index is 1.63. The molecule has 2 aliphatic rings. The lowest BCUT2D eigenvalue weighted by Crippen LogP contribution is -2.46. The molecule has 0 spiro atoms. The third-order valence-electron chi connectivity index (χ3n) is 5.46. The zero-order valence-electron chi connectivity index (χ0n) is 17.1. The molecule has 5 amide bonds. The fraction of sp³-hybridized carbons (Fsp3) is 0.476. The van der Waals surface area contributed by atoms with Crippen LogP contribution in [0.1, 0.15) is 49.9 Å². The number of hydrogen-bond donors (Lipinski definition) is 1. The van der Waals surface area contributed by atoms with Crippen LogP contribution in [0.5, 0.6) is 0 Å². The molecule has 30 heavy (non-hydrogen) atoms. The summed E-state index contributed by atoms with van der Waals surface area (Å²) in [7, 11) is 0. The molecule has 1 aliphatic carbocycles. The Hall–Kier alpha value is -3.23. The molecule has 1 saturated heterocycles. The van der Waals surface area contributed by atoms with Crippen molar-refractivity contribution in [2.45, 2.75) is 45.6 Å². The number of ether oxygens (including phenoxy) is 1. The smallest absolute Gasteiger partial charge is 0.338 e. The quantitative estimate of drug-likeness (QED) is 0.433. The summed E-state index contributed by atoms with van der Waals surface area (Å²) in [5.74, 6) is -2.83. The lowest BCUT2D eigenvalue weighted by atomic mass is 9.85. The van der Waals surface area contributed by atoms with Crippen molar-refractivity contribution >= 4 is 35.4 Å². The molecule has 1 aromatic rings. The molecular weight excluding hydrogens is 390 g/mol. The average Bonchev–Trinajstić information content (AvgIpc) is 2.92. The molecule has 0 bridgehead atoms. The van der Waals surface area contributed by atoms with Crippen LogP contribution < -0.4 is 5.32 Å². The molecule has 1 saturated carbocycles. The van der Waals surface area contributed by atoms with Crippen LogP contribution in [0.3, 0.4) is 0 Å². The highest BCUT2D eigenvalue weighted by Crippen LogP contribution is 2.31. The number of carbonyl (C=O) groups is 5. The number of imide groups is 2. The van der Waals surface area contributed by atoms with Gasteiger partial charge < -0.3 is 10.1 Å². The highest BCUT2D eigenvalue weighted by molar-refractivity contribution is 6.45. The zero-order chi connectivity index (χ0) is 21.8. The van der Waals surface area contributed by atoms with Crippen LogP contribution in [-0.4, -0.2) is 58.7 Å². The van der Waals surface area contributed by atoms with Gasteiger partial charge in [0.2, 0.25) is 5.91 Å². The van der Waals surface area contributed by atoms with Crippen LogP contribution in [0.15, 0.2) is 24.3 Å². The monoisotopic (exact) mass is 415 g/mol. The number of nitrogens with zero attached hydrogens (tertiary/aromatic N) is 2. The van der Waals surface area contributed by atoms with Crippen LogP contribution in [0, 0.1) is 5.92 Å². The Bertz CT molecular complexity index is 866. The molecule has 0 aromatic heterocycles. The van der Waals surface area contributed by atoms with Gasteiger partial charge in [-0.25, -0.2) is 14.5 Å². The van der Waals surface area contributed by atoms with Gasteiger partial charge in [-0.05, 0) is 49.9 Å². The SMILES string of the molecule is CCOC(=O)c1ccc(NC(=O)CN2C(=O)C(=O)N([C@@H]3CCCC[C@@H]3C)C2=O)cc1. The third kappa shape index (κ3) is 4.34. The second kappa shape index (κ2) is 9.06. The van der Waals surface area contributed by atoms with E-state index in [9.17, 15) is 24.0 Å². The van der Waals surface area contributed by atoms with E-state index in [4.69, 9.17) is 4.74 Å². The van der Waals surface area contributed by atoms with Crippen molar-refractivity contribution in [3.63, 3.8) is 0 Å². The second-order valence-electron chi connectivity index (χ2n) is 7.52. The van der Waals surface area contributed by atoms with Gasteiger partial charge >= 0.3 is 23.8 Å². The van der Waals surface area contributed by atoms with Gasteiger partial charge in [-0.1, -0.05) is 19.8 Å². The summed E-state index contributed by atoms with van der Waals surface area (Å²) in [6.45, 7) is 3.36. The molecule has 1 N–H and O–H groups in total. The number of amides is 5. The maximum absolute atomic E-state index is 12.7. The summed E-state index contributed by atoms with van der Waals surface area (Å²) in [6, 6.07) is 4.96. The minimum absolute atomic E-state index is 0.117. The predicted molar refractivity (Wildman–Crippen MR) is 106 cm³/mol. The van der Waals surface area contributed by atoms with E-state index in [2.05, 4.69) is 5.32 Å². The van der Waals surface area contributed by atoms with Gasteiger partial charge in [-0.3, -0.25) is 19.3 Å². The van der Waals surface area contributed by atoms with E-state index in [1.165, 1.54) is 24.3 Å². The van der Waals surface area contributed by atoms with Crippen LogP contribution in [0.4, 0.5) is 10.5 Å². The maximum Gasteiger partial charge on any atom is 0.338 e. The Morgan fingerprint density at radius 3 is 2.37 bits per heavy atom. The highest BCUT2D eigenvalue weighted by Gasteiger charge is 2.49. The average molecular weight is 415 g/mol. The number of carbonyl (C=O) groups excluding carboxylic acids is 5. The minimum Gasteiger partial charge on any atom is -0.462 e. The summed E-state index contributed by atoms with van der Waals surface area (Å²) in [5, 5.41) is 2.56. The molecule has 2 atom stereocenters. The van der Waals surface area contributed by atoms with Crippen molar-refractivity contribution in [3.05, 3.63) is 29.8 Å². The number of benzene rings is 1. The van der Waals surface area contributed by atoms with Crippen LogP contribution in [-0.2, 0) is 19.1 Å². The fourth-order valence-corrected chi connectivity index (χ4v) is 3.88. The number of anilines is 1. The summed E-state index contributed by atoms with van der Waals surface area (Å²) in [6.07, 6.45) is 3.47. The van der Waals surface area contributed by atoms with E-state index in [-0.39, 0.29) is 18.6 Å². The first-order valence-electron chi connectivity index (χ1n) is 10.1.